The molecular weight excluding hydrogens is 296 g/mol. The molecular formula is C16H24N4O3. The van der Waals surface area contributed by atoms with Gasteiger partial charge in [0.05, 0.1) is 17.6 Å². The number of aliphatic hydroxyl groups excluding tert-OH is 2. The summed E-state index contributed by atoms with van der Waals surface area (Å²) in [5.41, 5.74) is 8.93. The van der Waals surface area contributed by atoms with E-state index in [0.717, 1.165) is 28.9 Å². The van der Waals surface area contributed by atoms with Crippen LogP contribution in [0.15, 0.2) is 12.1 Å². The van der Waals surface area contributed by atoms with Crippen molar-refractivity contribution in [2.45, 2.75) is 19.1 Å². The number of nitrogens with two attached hydrogens (primary N) is 1. The lowest BCUT2D eigenvalue weighted by atomic mass is 10.1. The fourth-order valence-electron chi connectivity index (χ4n) is 3.29. The molecule has 126 valence electrons. The van der Waals surface area contributed by atoms with Gasteiger partial charge >= 0.3 is 0 Å². The van der Waals surface area contributed by atoms with Gasteiger partial charge in [-0.2, -0.15) is 0 Å². The number of hydrogen-bond donors (Lipinski definition) is 3. The molecule has 4 N–H and O–H groups in total. The zero-order valence-corrected chi connectivity index (χ0v) is 13.6. The van der Waals surface area contributed by atoms with Gasteiger partial charge in [0.1, 0.15) is 11.9 Å². The number of nitrogens with zero attached hydrogens (tertiary/aromatic N) is 3. The monoisotopic (exact) mass is 320 g/mol. The van der Waals surface area contributed by atoms with E-state index in [2.05, 4.69) is 4.98 Å². The minimum atomic E-state index is -0.212. The molecule has 3 rings (SSSR count). The highest BCUT2D eigenvalue weighted by molar-refractivity contribution is 5.84. The Labute approximate surface area is 135 Å². The fourth-order valence-corrected chi connectivity index (χ4v) is 3.29. The van der Waals surface area contributed by atoms with E-state index in [0.29, 0.717) is 18.9 Å². The molecule has 0 radical (unpaired) electrons. The summed E-state index contributed by atoms with van der Waals surface area (Å²) in [6.07, 6.45) is 0.432. The maximum Gasteiger partial charge on any atom is 0.201 e. The highest BCUT2D eigenvalue weighted by Crippen LogP contribution is 2.36. The average Bonchev–Trinajstić information content (AvgIpc) is 3.06. The molecule has 2 atom stereocenters. The van der Waals surface area contributed by atoms with Crippen LogP contribution in [0.25, 0.3) is 11.0 Å². The van der Waals surface area contributed by atoms with Gasteiger partial charge in [0.2, 0.25) is 5.95 Å². The topological polar surface area (TPSA) is 96.8 Å². The van der Waals surface area contributed by atoms with Crippen LogP contribution in [0.2, 0.25) is 0 Å². The molecule has 23 heavy (non-hydrogen) atoms. The van der Waals surface area contributed by atoms with Gasteiger partial charge in [-0.05, 0) is 26.2 Å². The molecule has 1 aromatic heterocycles. The first-order valence-corrected chi connectivity index (χ1v) is 7.84. The standard InChI is InChI=1S/C16H24N4O3/c1-19(2)6-10(8-21)7-20-15-12-5-11(9-22)23-14(12)4-3-13(15)18-16(20)17/h3-4,10-11,21-22H,5-9H2,1-2H3,(H2,17,18). The number of rotatable bonds is 6. The van der Waals surface area contributed by atoms with Crippen LogP contribution >= 0.6 is 0 Å². The number of ether oxygens (including phenoxy) is 1. The molecule has 7 heteroatoms. The van der Waals surface area contributed by atoms with Crippen molar-refractivity contribution in [3.8, 4) is 5.75 Å². The van der Waals surface area contributed by atoms with Crippen LogP contribution in [0.1, 0.15) is 5.56 Å². The smallest absolute Gasteiger partial charge is 0.201 e. The number of aromatic nitrogens is 2. The first-order valence-electron chi connectivity index (χ1n) is 7.84. The number of benzene rings is 1. The molecule has 1 aromatic carbocycles. The maximum absolute atomic E-state index is 9.65. The summed E-state index contributed by atoms with van der Waals surface area (Å²) < 4.78 is 7.69. The lowest BCUT2D eigenvalue weighted by Crippen LogP contribution is -2.28. The van der Waals surface area contributed by atoms with Gasteiger partial charge in [-0.15, -0.1) is 0 Å². The second kappa shape index (κ2) is 6.35. The Kier molecular flexibility index (Phi) is 4.43. The average molecular weight is 320 g/mol. The number of anilines is 1. The van der Waals surface area contributed by atoms with Crippen molar-refractivity contribution in [3.05, 3.63) is 17.7 Å². The Morgan fingerprint density at radius 3 is 2.87 bits per heavy atom. The first kappa shape index (κ1) is 16.0. The van der Waals surface area contributed by atoms with Gasteiger partial charge in [0.15, 0.2) is 0 Å². The second-order valence-corrected chi connectivity index (χ2v) is 6.43. The molecule has 2 aromatic rings. The van der Waals surface area contributed by atoms with Crippen LogP contribution < -0.4 is 10.5 Å². The molecule has 2 unspecified atom stereocenters. The number of imidazole rings is 1. The molecule has 0 fully saturated rings. The Morgan fingerprint density at radius 1 is 1.43 bits per heavy atom. The van der Waals surface area contributed by atoms with E-state index < -0.39 is 0 Å². The van der Waals surface area contributed by atoms with Crippen molar-refractivity contribution in [2.75, 3.05) is 39.6 Å². The minimum absolute atomic E-state index is 0.0142. The third-order valence-electron chi connectivity index (χ3n) is 4.25. The van der Waals surface area contributed by atoms with E-state index in [9.17, 15) is 10.2 Å². The predicted molar refractivity (Wildman–Crippen MR) is 88.5 cm³/mol. The Hall–Kier alpha value is -1.83. The third-order valence-corrected chi connectivity index (χ3v) is 4.25. The van der Waals surface area contributed by atoms with E-state index in [4.69, 9.17) is 10.5 Å². The van der Waals surface area contributed by atoms with Crippen LogP contribution in [-0.2, 0) is 13.0 Å². The summed E-state index contributed by atoms with van der Waals surface area (Å²) >= 11 is 0. The van der Waals surface area contributed by atoms with E-state index in [1.54, 1.807) is 0 Å². The van der Waals surface area contributed by atoms with Crippen LogP contribution in [0.4, 0.5) is 5.95 Å². The summed E-state index contributed by atoms with van der Waals surface area (Å²) in [6.45, 7) is 1.43. The van der Waals surface area contributed by atoms with Crippen LogP contribution in [0, 0.1) is 5.92 Å². The lowest BCUT2D eigenvalue weighted by molar-refractivity contribution is 0.134. The molecule has 0 spiro atoms. The zero-order valence-electron chi connectivity index (χ0n) is 13.6. The van der Waals surface area contributed by atoms with Crippen LogP contribution in [-0.4, -0.2) is 64.6 Å². The van der Waals surface area contributed by atoms with Gasteiger partial charge in [0, 0.05) is 37.6 Å². The Bertz CT molecular complexity index is 698. The first-order chi connectivity index (χ1) is 11.0. The van der Waals surface area contributed by atoms with Crippen molar-refractivity contribution in [1.29, 1.82) is 0 Å². The van der Waals surface area contributed by atoms with Gasteiger partial charge in [-0.25, -0.2) is 4.98 Å². The maximum atomic E-state index is 9.65. The molecule has 0 amide bonds. The Balaban J connectivity index is 2.00. The summed E-state index contributed by atoms with van der Waals surface area (Å²) in [5, 5.41) is 19.0. The van der Waals surface area contributed by atoms with E-state index in [1.807, 2.05) is 35.7 Å². The molecule has 0 saturated heterocycles. The highest BCUT2D eigenvalue weighted by atomic mass is 16.5. The number of aliphatic hydroxyl groups is 2. The molecule has 0 saturated carbocycles. The minimum Gasteiger partial charge on any atom is -0.487 e. The van der Waals surface area contributed by atoms with Crippen LogP contribution in [0.3, 0.4) is 0 Å². The number of hydrogen-bond acceptors (Lipinski definition) is 6. The number of nitrogen functional groups attached to an aromatic ring is 1. The summed E-state index contributed by atoms with van der Waals surface area (Å²) in [6, 6.07) is 3.77. The van der Waals surface area contributed by atoms with Crippen molar-refractivity contribution < 1.29 is 14.9 Å². The van der Waals surface area contributed by atoms with Crippen molar-refractivity contribution in [1.82, 2.24) is 14.5 Å². The molecule has 7 nitrogen and oxygen atoms in total. The van der Waals surface area contributed by atoms with Gasteiger partial charge in [0.25, 0.3) is 0 Å². The predicted octanol–water partition coefficient (Wildman–Crippen LogP) is 0.0844. The second-order valence-electron chi connectivity index (χ2n) is 6.43. The lowest BCUT2D eigenvalue weighted by Gasteiger charge is -2.20. The summed E-state index contributed by atoms with van der Waals surface area (Å²) in [4.78, 5) is 6.48. The van der Waals surface area contributed by atoms with Crippen molar-refractivity contribution >= 4 is 17.0 Å². The summed E-state index contributed by atoms with van der Waals surface area (Å²) in [5.74, 6) is 1.29. The largest absolute Gasteiger partial charge is 0.487 e. The molecule has 1 aliphatic rings. The van der Waals surface area contributed by atoms with Crippen LogP contribution in [0.5, 0.6) is 5.75 Å². The molecule has 2 heterocycles. The Morgan fingerprint density at radius 2 is 2.22 bits per heavy atom. The van der Waals surface area contributed by atoms with Gasteiger partial charge in [-0.1, -0.05) is 0 Å². The highest BCUT2D eigenvalue weighted by Gasteiger charge is 2.27. The van der Waals surface area contributed by atoms with E-state index in [-0.39, 0.29) is 25.2 Å². The van der Waals surface area contributed by atoms with E-state index in [1.165, 1.54) is 0 Å². The molecule has 0 aliphatic carbocycles. The molecule has 1 aliphatic heterocycles. The van der Waals surface area contributed by atoms with Crippen molar-refractivity contribution in [3.63, 3.8) is 0 Å². The van der Waals surface area contributed by atoms with Gasteiger partial charge < -0.3 is 30.2 Å². The summed E-state index contributed by atoms with van der Waals surface area (Å²) in [7, 11) is 3.96. The molecule has 0 bridgehead atoms. The SMILES string of the molecule is CN(C)CC(CO)Cn1c(N)nc2ccc3c(c21)CC(CO)O3. The third kappa shape index (κ3) is 2.99. The van der Waals surface area contributed by atoms with Crippen molar-refractivity contribution in [2.24, 2.45) is 5.92 Å². The van der Waals surface area contributed by atoms with Gasteiger partial charge in [-0.3, -0.25) is 0 Å². The van der Waals surface area contributed by atoms with E-state index >= 15 is 0 Å². The fraction of sp³-hybridized carbons (Fsp3) is 0.562. The normalized spacial score (nSPS) is 18.4. The quantitative estimate of drug-likeness (QED) is 0.698. The zero-order chi connectivity index (χ0) is 16.6. The number of fused-ring (bicyclic) bond motifs is 3.